The molecule has 0 spiro atoms. The van der Waals surface area contributed by atoms with E-state index in [9.17, 15) is 5.11 Å². The Hall–Kier alpha value is -2.32. The van der Waals surface area contributed by atoms with Crippen molar-refractivity contribution in [1.29, 1.82) is 0 Å². The van der Waals surface area contributed by atoms with Gasteiger partial charge in [0.1, 0.15) is 12.0 Å². The van der Waals surface area contributed by atoms with Gasteiger partial charge in [0.2, 0.25) is 0 Å². The number of aromatic nitrogens is 4. The molecule has 0 radical (unpaired) electrons. The lowest BCUT2D eigenvalue weighted by Gasteiger charge is -2.12. The second kappa shape index (κ2) is 6.29. The second-order valence-electron chi connectivity index (χ2n) is 5.52. The zero-order valence-electron chi connectivity index (χ0n) is 13.1. The Morgan fingerprint density at radius 2 is 2.12 bits per heavy atom. The van der Waals surface area contributed by atoms with Crippen LogP contribution in [-0.4, -0.2) is 37.5 Å². The van der Waals surface area contributed by atoms with Gasteiger partial charge in [-0.3, -0.25) is 4.57 Å². The van der Waals surface area contributed by atoms with Crippen LogP contribution in [0.25, 0.3) is 11.2 Å². The zero-order chi connectivity index (χ0) is 16.5. The van der Waals surface area contributed by atoms with Gasteiger partial charge >= 0.3 is 0 Å². The number of aromatic hydroxyl groups is 1. The van der Waals surface area contributed by atoms with E-state index < -0.39 is 0 Å². The molecule has 124 valence electrons. The topological polar surface area (TPSA) is 85.1 Å². The molecular formula is C16H17N5O2S. The number of hydrogen-bond donors (Lipinski definition) is 2. The van der Waals surface area contributed by atoms with Gasteiger partial charge in [-0.15, -0.1) is 0 Å². The van der Waals surface area contributed by atoms with Crippen molar-refractivity contribution in [2.24, 2.45) is 0 Å². The largest absolute Gasteiger partial charge is 0.508 e. The minimum Gasteiger partial charge on any atom is -0.508 e. The van der Waals surface area contributed by atoms with Crippen molar-refractivity contribution in [1.82, 2.24) is 19.5 Å². The number of phenolic OH excluding ortho intramolecular Hbond substituents is 1. The molecule has 1 aliphatic heterocycles. The second-order valence-corrected chi connectivity index (χ2v) is 6.30. The van der Waals surface area contributed by atoms with Crippen molar-refractivity contribution in [3.05, 3.63) is 30.6 Å². The molecule has 24 heavy (non-hydrogen) atoms. The molecule has 3 heterocycles. The van der Waals surface area contributed by atoms with E-state index in [1.807, 2.05) is 10.8 Å². The first kappa shape index (κ1) is 15.2. The van der Waals surface area contributed by atoms with Gasteiger partial charge < -0.3 is 15.2 Å². The highest BCUT2D eigenvalue weighted by atomic mass is 32.2. The molecule has 1 saturated heterocycles. The summed E-state index contributed by atoms with van der Waals surface area (Å²) >= 11 is 1.48. The van der Waals surface area contributed by atoms with Crippen molar-refractivity contribution in [3.63, 3.8) is 0 Å². The summed E-state index contributed by atoms with van der Waals surface area (Å²) < 4.78 is 7.74. The number of rotatable bonds is 4. The Morgan fingerprint density at radius 3 is 2.83 bits per heavy atom. The third-order valence-corrected chi connectivity index (χ3v) is 4.48. The third-order valence-electron chi connectivity index (χ3n) is 3.93. The highest BCUT2D eigenvalue weighted by Gasteiger charge is 2.22. The van der Waals surface area contributed by atoms with Crippen LogP contribution in [0.2, 0.25) is 0 Å². The van der Waals surface area contributed by atoms with Crippen LogP contribution >= 0.6 is 11.8 Å². The monoisotopic (exact) mass is 343 g/mol. The zero-order valence-corrected chi connectivity index (χ0v) is 14.0. The smallest absolute Gasteiger partial charge is 0.191 e. The summed E-state index contributed by atoms with van der Waals surface area (Å²) in [6, 6.07) is 6.83. The molecule has 2 aromatic heterocycles. The summed E-state index contributed by atoms with van der Waals surface area (Å²) in [7, 11) is 0. The van der Waals surface area contributed by atoms with E-state index in [1.54, 1.807) is 30.6 Å². The normalized spacial score (nSPS) is 17.5. The third kappa shape index (κ3) is 2.78. The van der Waals surface area contributed by atoms with Crippen LogP contribution in [0.3, 0.4) is 0 Å². The Labute approximate surface area is 143 Å². The van der Waals surface area contributed by atoms with Crippen molar-refractivity contribution < 1.29 is 9.84 Å². The van der Waals surface area contributed by atoms with E-state index >= 15 is 0 Å². The molecule has 1 aliphatic rings. The van der Waals surface area contributed by atoms with E-state index in [0.717, 1.165) is 30.8 Å². The first-order valence-corrected chi connectivity index (χ1v) is 8.93. The van der Waals surface area contributed by atoms with Gasteiger partial charge in [-0.25, -0.2) is 15.0 Å². The molecule has 8 heteroatoms. The summed E-state index contributed by atoms with van der Waals surface area (Å²) in [5.74, 6) is 0.868. The lowest BCUT2D eigenvalue weighted by molar-refractivity contribution is 0.0592. The Kier molecular flexibility index (Phi) is 3.99. The van der Waals surface area contributed by atoms with Crippen molar-refractivity contribution in [2.75, 3.05) is 18.2 Å². The fraction of sp³-hybridized carbons (Fsp3) is 0.312. The number of hydrogen-bond acceptors (Lipinski definition) is 7. The van der Waals surface area contributed by atoms with Crippen LogP contribution in [0, 0.1) is 0 Å². The van der Waals surface area contributed by atoms with Crippen LogP contribution < -0.4 is 5.32 Å². The molecular weight excluding hydrogens is 326 g/mol. The van der Waals surface area contributed by atoms with Gasteiger partial charge in [-0.05, 0) is 43.4 Å². The molecule has 7 nitrogen and oxygen atoms in total. The number of ether oxygens (including phenoxy) is 1. The molecule has 1 fully saturated rings. The average molecular weight is 343 g/mol. The number of nitrogens with one attached hydrogen (secondary N) is 1. The van der Waals surface area contributed by atoms with Gasteiger partial charge in [-0.1, -0.05) is 11.8 Å². The lowest BCUT2D eigenvalue weighted by atomic mass is 10.3. The number of fused-ring (bicyclic) bond motifs is 1. The highest BCUT2D eigenvalue weighted by Crippen LogP contribution is 2.30. The molecule has 0 saturated carbocycles. The minimum atomic E-state index is -0.0128. The average Bonchev–Trinajstić information content (AvgIpc) is 3.25. The first-order chi connectivity index (χ1) is 11.7. The van der Waals surface area contributed by atoms with Crippen LogP contribution in [0.4, 0.5) is 11.5 Å². The molecule has 0 bridgehead atoms. The van der Waals surface area contributed by atoms with Crippen molar-refractivity contribution >= 4 is 34.4 Å². The first-order valence-electron chi connectivity index (χ1n) is 7.71. The standard InChI is InChI=1S/C16H17N5O2S/c1-24-16-19-14(18-10-4-6-11(22)7-5-10)13-15(20-16)21(9-17-13)12-3-2-8-23-12/h4-7,9,12,22H,2-3,8H2,1H3,(H,18,19,20). The Bertz CT molecular complexity index is 859. The van der Waals surface area contributed by atoms with E-state index in [1.165, 1.54) is 11.8 Å². The molecule has 4 rings (SSSR count). The summed E-state index contributed by atoms with van der Waals surface area (Å²) in [6.45, 7) is 0.767. The van der Waals surface area contributed by atoms with Gasteiger partial charge in [0, 0.05) is 12.3 Å². The summed E-state index contributed by atoms with van der Waals surface area (Å²) in [4.78, 5) is 13.6. The Balaban J connectivity index is 1.77. The molecule has 2 N–H and O–H groups in total. The molecule has 3 aromatic rings. The molecule has 1 unspecified atom stereocenters. The van der Waals surface area contributed by atoms with Gasteiger partial charge in [0.25, 0.3) is 0 Å². The maximum absolute atomic E-state index is 9.41. The minimum absolute atomic E-state index is 0.0128. The number of thioether (sulfide) groups is 1. The molecule has 1 aromatic carbocycles. The molecule has 0 aliphatic carbocycles. The van der Waals surface area contributed by atoms with Crippen LogP contribution in [0.5, 0.6) is 5.75 Å². The van der Waals surface area contributed by atoms with Crippen LogP contribution in [0.1, 0.15) is 19.1 Å². The van der Waals surface area contributed by atoms with Crippen molar-refractivity contribution in [3.8, 4) is 5.75 Å². The van der Waals surface area contributed by atoms with E-state index in [0.29, 0.717) is 16.5 Å². The number of imidazole rings is 1. The van der Waals surface area contributed by atoms with Crippen LogP contribution in [0.15, 0.2) is 35.7 Å². The number of benzene rings is 1. The molecule has 0 amide bonds. The van der Waals surface area contributed by atoms with Gasteiger partial charge in [-0.2, -0.15) is 0 Å². The van der Waals surface area contributed by atoms with E-state index in [-0.39, 0.29) is 12.0 Å². The number of phenols is 1. The van der Waals surface area contributed by atoms with Gasteiger partial charge in [0.05, 0.1) is 6.33 Å². The maximum Gasteiger partial charge on any atom is 0.191 e. The van der Waals surface area contributed by atoms with E-state index in [4.69, 9.17) is 4.74 Å². The molecule has 1 atom stereocenters. The summed E-state index contributed by atoms with van der Waals surface area (Å²) in [6.07, 6.45) is 5.70. The predicted octanol–water partition coefficient (Wildman–Crippen LogP) is 3.31. The fourth-order valence-corrected chi connectivity index (χ4v) is 3.11. The summed E-state index contributed by atoms with van der Waals surface area (Å²) in [5.41, 5.74) is 2.30. The summed E-state index contributed by atoms with van der Waals surface area (Å²) in [5, 5.41) is 13.3. The SMILES string of the molecule is CSc1nc(Nc2ccc(O)cc2)c2ncn(C3CCCO3)c2n1. The quantitative estimate of drug-likeness (QED) is 0.427. The predicted molar refractivity (Wildman–Crippen MR) is 92.7 cm³/mol. The maximum atomic E-state index is 9.41. The highest BCUT2D eigenvalue weighted by molar-refractivity contribution is 7.98. The number of anilines is 2. The Morgan fingerprint density at radius 1 is 1.29 bits per heavy atom. The number of nitrogens with zero attached hydrogens (tertiary/aromatic N) is 4. The van der Waals surface area contributed by atoms with Crippen LogP contribution in [-0.2, 0) is 4.74 Å². The fourth-order valence-electron chi connectivity index (χ4n) is 2.75. The van der Waals surface area contributed by atoms with E-state index in [2.05, 4.69) is 20.3 Å². The van der Waals surface area contributed by atoms with Gasteiger partial charge in [0.15, 0.2) is 22.1 Å². The van der Waals surface area contributed by atoms with Crippen molar-refractivity contribution in [2.45, 2.75) is 24.2 Å². The lowest BCUT2D eigenvalue weighted by Crippen LogP contribution is -2.07.